The number of hydrogen-bond donors (Lipinski definition) is 2. The van der Waals surface area contributed by atoms with Gasteiger partial charge in [-0.15, -0.1) is 0 Å². The summed E-state index contributed by atoms with van der Waals surface area (Å²) in [7, 11) is 0. The first-order chi connectivity index (χ1) is 11.2. The van der Waals surface area contributed by atoms with Crippen molar-refractivity contribution < 1.29 is 9.53 Å². The van der Waals surface area contributed by atoms with Crippen molar-refractivity contribution in [3.05, 3.63) is 29.8 Å². The minimum Gasteiger partial charge on any atom is -0.490 e. The highest BCUT2D eigenvalue weighted by Gasteiger charge is 2.22. The summed E-state index contributed by atoms with van der Waals surface area (Å²) in [6, 6.07) is 9.28. The Kier molecular flexibility index (Phi) is 5.55. The molecule has 23 heavy (non-hydrogen) atoms. The maximum atomic E-state index is 11.1. The van der Waals surface area contributed by atoms with Gasteiger partial charge < -0.3 is 15.4 Å². The molecule has 4 heteroatoms. The van der Waals surface area contributed by atoms with Gasteiger partial charge in [0.05, 0.1) is 6.10 Å². The van der Waals surface area contributed by atoms with Crippen LogP contribution in [0.4, 0.5) is 0 Å². The van der Waals surface area contributed by atoms with Gasteiger partial charge in [0, 0.05) is 31.1 Å². The predicted octanol–water partition coefficient (Wildman–Crippen LogP) is 3.15. The minimum absolute atomic E-state index is 0.0866. The lowest BCUT2D eigenvalue weighted by molar-refractivity contribution is -0.119. The molecule has 2 saturated carbocycles. The molecule has 0 heterocycles. The monoisotopic (exact) mass is 316 g/mol. The molecule has 0 spiro atoms. The lowest BCUT2D eigenvalue weighted by atomic mass is 9.91. The van der Waals surface area contributed by atoms with E-state index < -0.39 is 0 Å². The van der Waals surface area contributed by atoms with Crippen LogP contribution in [0.15, 0.2) is 24.3 Å². The molecule has 0 radical (unpaired) electrons. The van der Waals surface area contributed by atoms with Gasteiger partial charge in [0.1, 0.15) is 5.75 Å². The number of para-hydroxylation sites is 1. The standard InChI is InChI=1S/C19H28N2O2/c1-14(22)21-17-11-9-16(10-12-17)20-13-15-5-2-3-8-19(15)23-18-6-4-7-18/h2-3,5,8,16-18,20H,4,6-7,9-13H2,1H3,(H,21,22). The summed E-state index contributed by atoms with van der Waals surface area (Å²) in [5.41, 5.74) is 1.25. The number of carbonyl (C=O) groups is 1. The number of hydrogen-bond acceptors (Lipinski definition) is 3. The average Bonchev–Trinajstić information content (AvgIpc) is 2.50. The average molecular weight is 316 g/mol. The van der Waals surface area contributed by atoms with E-state index in [1.165, 1.54) is 24.8 Å². The molecule has 0 atom stereocenters. The molecular formula is C19H28N2O2. The summed E-state index contributed by atoms with van der Waals surface area (Å²) in [6.07, 6.45) is 8.47. The van der Waals surface area contributed by atoms with Crippen molar-refractivity contribution in [2.24, 2.45) is 0 Å². The number of carbonyl (C=O) groups excluding carboxylic acids is 1. The van der Waals surface area contributed by atoms with Crippen molar-refractivity contribution in [1.29, 1.82) is 0 Å². The third kappa shape index (κ3) is 4.71. The Hall–Kier alpha value is -1.55. The zero-order valence-corrected chi connectivity index (χ0v) is 14.0. The number of rotatable bonds is 6. The largest absolute Gasteiger partial charge is 0.490 e. The normalized spacial score (nSPS) is 24.7. The van der Waals surface area contributed by atoms with Gasteiger partial charge in [0.25, 0.3) is 0 Å². The van der Waals surface area contributed by atoms with E-state index in [1.54, 1.807) is 6.92 Å². The molecular weight excluding hydrogens is 288 g/mol. The Labute approximate surface area is 139 Å². The fourth-order valence-electron chi connectivity index (χ4n) is 3.42. The summed E-state index contributed by atoms with van der Waals surface area (Å²) >= 11 is 0. The van der Waals surface area contributed by atoms with Crippen molar-refractivity contribution in [3.8, 4) is 5.75 Å². The van der Waals surface area contributed by atoms with Crippen LogP contribution in [0, 0.1) is 0 Å². The lowest BCUT2D eigenvalue weighted by Crippen LogP contribution is -2.41. The topological polar surface area (TPSA) is 50.4 Å². The Morgan fingerprint density at radius 1 is 1.09 bits per heavy atom. The first-order valence-electron chi connectivity index (χ1n) is 8.96. The van der Waals surface area contributed by atoms with E-state index in [2.05, 4.69) is 34.9 Å². The molecule has 0 aromatic heterocycles. The van der Waals surface area contributed by atoms with Crippen LogP contribution < -0.4 is 15.4 Å². The first kappa shape index (κ1) is 16.3. The van der Waals surface area contributed by atoms with Crippen LogP contribution in [0.3, 0.4) is 0 Å². The van der Waals surface area contributed by atoms with E-state index in [1.807, 2.05) is 0 Å². The fraction of sp³-hybridized carbons (Fsp3) is 0.632. The molecule has 3 rings (SSSR count). The van der Waals surface area contributed by atoms with E-state index in [4.69, 9.17) is 4.74 Å². The molecule has 1 aromatic carbocycles. The van der Waals surface area contributed by atoms with Crippen molar-refractivity contribution in [2.75, 3.05) is 0 Å². The quantitative estimate of drug-likeness (QED) is 0.847. The van der Waals surface area contributed by atoms with Gasteiger partial charge in [-0.25, -0.2) is 0 Å². The van der Waals surface area contributed by atoms with Crippen molar-refractivity contribution in [3.63, 3.8) is 0 Å². The van der Waals surface area contributed by atoms with Gasteiger partial charge in [-0.1, -0.05) is 18.2 Å². The summed E-state index contributed by atoms with van der Waals surface area (Å²) in [5.74, 6) is 1.13. The van der Waals surface area contributed by atoms with Crippen molar-refractivity contribution >= 4 is 5.91 Å². The molecule has 4 nitrogen and oxygen atoms in total. The third-order valence-corrected chi connectivity index (χ3v) is 5.03. The number of benzene rings is 1. The van der Waals surface area contributed by atoms with Crippen LogP contribution in [0.5, 0.6) is 5.75 Å². The molecule has 2 aliphatic carbocycles. The van der Waals surface area contributed by atoms with Crippen LogP contribution in [0.1, 0.15) is 57.4 Å². The highest BCUT2D eigenvalue weighted by Crippen LogP contribution is 2.28. The van der Waals surface area contributed by atoms with Crippen LogP contribution >= 0.6 is 0 Å². The van der Waals surface area contributed by atoms with E-state index in [9.17, 15) is 4.79 Å². The molecule has 2 aliphatic rings. The van der Waals surface area contributed by atoms with Gasteiger partial charge in [-0.2, -0.15) is 0 Å². The maximum Gasteiger partial charge on any atom is 0.217 e. The number of nitrogens with one attached hydrogen (secondary N) is 2. The number of amides is 1. The van der Waals surface area contributed by atoms with Crippen LogP contribution in [-0.2, 0) is 11.3 Å². The molecule has 2 fully saturated rings. The zero-order valence-electron chi connectivity index (χ0n) is 14.0. The first-order valence-corrected chi connectivity index (χ1v) is 8.96. The van der Waals surface area contributed by atoms with Gasteiger partial charge in [-0.05, 0) is 51.0 Å². The third-order valence-electron chi connectivity index (χ3n) is 5.03. The highest BCUT2D eigenvalue weighted by molar-refractivity contribution is 5.73. The molecule has 0 bridgehead atoms. The van der Waals surface area contributed by atoms with E-state index >= 15 is 0 Å². The Bertz CT molecular complexity index is 520. The van der Waals surface area contributed by atoms with Crippen molar-refractivity contribution in [1.82, 2.24) is 10.6 Å². The molecule has 2 N–H and O–H groups in total. The van der Waals surface area contributed by atoms with E-state index in [0.29, 0.717) is 18.2 Å². The molecule has 1 aromatic rings. The highest BCUT2D eigenvalue weighted by atomic mass is 16.5. The second-order valence-electron chi connectivity index (χ2n) is 6.91. The Morgan fingerprint density at radius 2 is 1.78 bits per heavy atom. The zero-order chi connectivity index (χ0) is 16.1. The summed E-state index contributed by atoms with van der Waals surface area (Å²) in [4.78, 5) is 11.1. The Balaban J connectivity index is 1.46. The van der Waals surface area contributed by atoms with Crippen LogP contribution in [0.2, 0.25) is 0 Å². The molecule has 126 valence electrons. The lowest BCUT2D eigenvalue weighted by Gasteiger charge is -2.30. The second kappa shape index (κ2) is 7.82. The molecule has 0 aliphatic heterocycles. The second-order valence-corrected chi connectivity index (χ2v) is 6.91. The van der Waals surface area contributed by atoms with Gasteiger partial charge in [0.2, 0.25) is 5.91 Å². The smallest absolute Gasteiger partial charge is 0.217 e. The predicted molar refractivity (Wildman–Crippen MR) is 91.4 cm³/mol. The van der Waals surface area contributed by atoms with Gasteiger partial charge >= 0.3 is 0 Å². The molecule has 1 amide bonds. The SMILES string of the molecule is CC(=O)NC1CCC(NCc2ccccc2OC2CCC2)CC1. The van der Waals surface area contributed by atoms with Gasteiger partial charge in [0.15, 0.2) is 0 Å². The summed E-state index contributed by atoms with van der Waals surface area (Å²) in [6.45, 7) is 2.46. The molecule has 0 unspecified atom stereocenters. The fourth-order valence-corrected chi connectivity index (χ4v) is 3.42. The van der Waals surface area contributed by atoms with Gasteiger partial charge in [-0.3, -0.25) is 4.79 Å². The van der Waals surface area contributed by atoms with Crippen LogP contribution in [0.25, 0.3) is 0 Å². The molecule has 0 saturated heterocycles. The Morgan fingerprint density at radius 3 is 2.43 bits per heavy atom. The van der Waals surface area contributed by atoms with Crippen molar-refractivity contribution in [2.45, 2.75) is 76.6 Å². The van der Waals surface area contributed by atoms with E-state index in [0.717, 1.165) is 38.0 Å². The summed E-state index contributed by atoms with van der Waals surface area (Å²) < 4.78 is 6.09. The number of ether oxygens (including phenoxy) is 1. The van der Waals surface area contributed by atoms with E-state index in [-0.39, 0.29) is 5.91 Å². The summed E-state index contributed by atoms with van der Waals surface area (Å²) in [5, 5.41) is 6.70. The van der Waals surface area contributed by atoms with Crippen LogP contribution in [-0.4, -0.2) is 24.1 Å². The maximum absolute atomic E-state index is 11.1. The minimum atomic E-state index is 0.0866.